The Morgan fingerprint density at radius 1 is 1.12 bits per heavy atom. The van der Waals surface area contributed by atoms with E-state index in [1.807, 2.05) is 39.0 Å². The van der Waals surface area contributed by atoms with Gasteiger partial charge >= 0.3 is 6.09 Å². The zero-order valence-electron chi connectivity index (χ0n) is 20.0. The summed E-state index contributed by atoms with van der Waals surface area (Å²) < 4.78 is 17.0. The van der Waals surface area contributed by atoms with Crippen LogP contribution < -0.4 is 25.4 Å². The Morgan fingerprint density at radius 2 is 1.81 bits per heavy atom. The van der Waals surface area contributed by atoms with Gasteiger partial charge in [-0.3, -0.25) is 4.99 Å². The summed E-state index contributed by atoms with van der Waals surface area (Å²) >= 11 is 0. The first-order valence-electron chi connectivity index (χ1n) is 11.1. The van der Waals surface area contributed by atoms with Crippen LogP contribution in [0.4, 0.5) is 4.79 Å². The van der Waals surface area contributed by atoms with Crippen LogP contribution in [-0.4, -0.2) is 51.0 Å². The average Bonchev–Trinajstić information content (AvgIpc) is 3.22. The van der Waals surface area contributed by atoms with Crippen LogP contribution in [0, 0.1) is 0 Å². The molecule has 0 aromatic heterocycles. The number of aliphatic imine (C=N–C) groups is 1. The van der Waals surface area contributed by atoms with Crippen LogP contribution in [0.3, 0.4) is 0 Å². The summed E-state index contributed by atoms with van der Waals surface area (Å²) in [7, 11) is 3.40. The molecule has 1 aliphatic rings. The van der Waals surface area contributed by atoms with Crippen LogP contribution in [0.15, 0.2) is 23.2 Å². The van der Waals surface area contributed by atoms with Crippen molar-refractivity contribution in [1.82, 2.24) is 16.0 Å². The van der Waals surface area contributed by atoms with Crippen molar-refractivity contribution in [2.45, 2.75) is 71.1 Å². The molecule has 1 aromatic rings. The fourth-order valence-corrected chi connectivity index (χ4v) is 3.37. The normalized spacial score (nSPS) is 14.3. The van der Waals surface area contributed by atoms with Crippen molar-refractivity contribution in [2.75, 3.05) is 27.2 Å². The first-order chi connectivity index (χ1) is 14.8. The van der Waals surface area contributed by atoms with Crippen molar-refractivity contribution in [1.29, 1.82) is 0 Å². The lowest BCUT2D eigenvalue weighted by atomic mass is 10.1. The fourth-order valence-electron chi connectivity index (χ4n) is 3.37. The topological polar surface area (TPSA) is 93.2 Å². The molecule has 1 aliphatic carbocycles. The van der Waals surface area contributed by atoms with Crippen LogP contribution in [0.25, 0.3) is 0 Å². The molecule has 0 aliphatic heterocycles. The van der Waals surface area contributed by atoms with E-state index in [4.69, 9.17) is 14.2 Å². The van der Waals surface area contributed by atoms with E-state index < -0.39 is 11.7 Å². The van der Waals surface area contributed by atoms with E-state index in [1.54, 1.807) is 14.2 Å². The molecule has 9 heteroatoms. The van der Waals surface area contributed by atoms with Gasteiger partial charge in [0.25, 0.3) is 0 Å². The van der Waals surface area contributed by atoms with Gasteiger partial charge in [-0.15, -0.1) is 24.0 Å². The predicted molar refractivity (Wildman–Crippen MR) is 138 cm³/mol. The summed E-state index contributed by atoms with van der Waals surface area (Å²) in [5.41, 5.74) is 0.537. The van der Waals surface area contributed by atoms with Gasteiger partial charge in [-0.2, -0.15) is 0 Å². The van der Waals surface area contributed by atoms with Crippen LogP contribution in [-0.2, 0) is 11.3 Å². The van der Waals surface area contributed by atoms with Crippen molar-refractivity contribution in [2.24, 2.45) is 4.99 Å². The van der Waals surface area contributed by atoms with Crippen molar-refractivity contribution < 1.29 is 19.0 Å². The third-order valence-corrected chi connectivity index (χ3v) is 4.85. The minimum absolute atomic E-state index is 0. The molecule has 1 saturated carbocycles. The van der Waals surface area contributed by atoms with E-state index in [9.17, 15) is 4.79 Å². The Kier molecular flexibility index (Phi) is 12.6. The number of rotatable bonds is 9. The van der Waals surface area contributed by atoms with E-state index in [2.05, 4.69) is 20.9 Å². The molecule has 0 unspecified atom stereocenters. The molecule has 182 valence electrons. The number of para-hydroxylation sites is 1. The van der Waals surface area contributed by atoms with E-state index in [-0.39, 0.29) is 30.1 Å². The van der Waals surface area contributed by atoms with Crippen molar-refractivity contribution >= 4 is 36.0 Å². The summed E-state index contributed by atoms with van der Waals surface area (Å²) in [6.07, 6.45) is 5.21. The van der Waals surface area contributed by atoms with Crippen molar-refractivity contribution in [3.05, 3.63) is 23.8 Å². The Labute approximate surface area is 209 Å². The maximum absolute atomic E-state index is 11.7. The summed E-state index contributed by atoms with van der Waals surface area (Å²) in [6, 6.07) is 5.94. The molecule has 3 N–H and O–H groups in total. The lowest BCUT2D eigenvalue weighted by molar-refractivity contribution is 0.0527. The monoisotopic (exact) mass is 562 g/mol. The van der Waals surface area contributed by atoms with Gasteiger partial charge < -0.3 is 30.2 Å². The van der Waals surface area contributed by atoms with Gasteiger partial charge in [-0.1, -0.05) is 12.1 Å². The quantitative estimate of drug-likeness (QED) is 0.181. The Hall–Kier alpha value is -1.91. The number of hydrogen-bond acceptors (Lipinski definition) is 5. The van der Waals surface area contributed by atoms with Gasteiger partial charge in [0.2, 0.25) is 0 Å². The lowest BCUT2D eigenvalue weighted by Gasteiger charge is -2.20. The second kappa shape index (κ2) is 14.3. The summed E-state index contributed by atoms with van der Waals surface area (Å²) in [4.78, 5) is 15.9. The highest BCUT2D eigenvalue weighted by Crippen LogP contribution is 2.34. The van der Waals surface area contributed by atoms with Crippen LogP contribution in [0.2, 0.25) is 0 Å². The third kappa shape index (κ3) is 10.1. The SMILES string of the molecule is CN=C(NCCCNC(=O)OC(C)(C)C)NCc1cccc(OC)c1OC1CCCC1.I. The zero-order valence-corrected chi connectivity index (χ0v) is 22.3. The minimum atomic E-state index is -0.491. The Bertz CT molecular complexity index is 731. The van der Waals surface area contributed by atoms with E-state index in [0.717, 1.165) is 36.3 Å². The van der Waals surface area contributed by atoms with Gasteiger partial charge in [0, 0.05) is 32.2 Å². The van der Waals surface area contributed by atoms with E-state index in [1.165, 1.54) is 12.8 Å². The van der Waals surface area contributed by atoms with Gasteiger partial charge in [0.05, 0.1) is 13.2 Å². The lowest BCUT2D eigenvalue weighted by Crippen LogP contribution is -2.39. The number of ether oxygens (including phenoxy) is 3. The molecule has 0 heterocycles. The number of halogens is 1. The van der Waals surface area contributed by atoms with Crippen LogP contribution in [0.5, 0.6) is 11.5 Å². The minimum Gasteiger partial charge on any atom is -0.493 e. The van der Waals surface area contributed by atoms with Gasteiger partial charge in [0.1, 0.15) is 5.60 Å². The first-order valence-corrected chi connectivity index (χ1v) is 11.1. The van der Waals surface area contributed by atoms with Crippen LogP contribution in [0.1, 0.15) is 58.4 Å². The van der Waals surface area contributed by atoms with Crippen LogP contribution >= 0.6 is 24.0 Å². The van der Waals surface area contributed by atoms with E-state index >= 15 is 0 Å². The number of carbonyl (C=O) groups excluding carboxylic acids is 1. The zero-order chi connectivity index (χ0) is 22.7. The smallest absolute Gasteiger partial charge is 0.407 e. The fraction of sp³-hybridized carbons (Fsp3) is 0.652. The highest BCUT2D eigenvalue weighted by Gasteiger charge is 2.20. The number of benzene rings is 1. The summed E-state index contributed by atoms with van der Waals surface area (Å²) in [5.74, 6) is 2.25. The van der Waals surface area contributed by atoms with Gasteiger partial charge in [-0.25, -0.2) is 4.79 Å². The standard InChI is InChI=1S/C23H38N4O4.HI/c1-23(2,3)31-22(28)26-15-9-14-25-21(24-4)27-16-17-10-8-13-19(29-5)20(17)30-18-11-6-7-12-18;/h8,10,13,18H,6-7,9,11-12,14-16H2,1-5H3,(H,26,28)(H2,24,25,27);1H. The molecular formula is C23H39IN4O4. The van der Waals surface area contributed by atoms with E-state index in [0.29, 0.717) is 25.6 Å². The number of alkyl carbamates (subject to hydrolysis) is 1. The second-order valence-electron chi connectivity index (χ2n) is 8.61. The van der Waals surface area contributed by atoms with Gasteiger partial charge in [0.15, 0.2) is 17.5 Å². The molecule has 1 amide bonds. The Morgan fingerprint density at radius 3 is 2.44 bits per heavy atom. The highest BCUT2D eigenvalue weighted by atomic mass is 127. The largest absolute Gasteiger partial charge is 0.493 e. The second-order valence-corrected chi connectivity index (χ2v) is 8.61. The number of carbonyl (C=O) groups is 1. The molecule has 1 aromatic carbocycles. The Balaban J connectivity index is 0.00000512. The maximum atomic E-state index is 11.7. The van der Waals surface area contributed by atoms with Crippen molar-refractivity contribution in [3.8, 4) is 11.5 Å². The molecule has 2 rings (SSSR count). The molecule has 0 atom stereocenters. The summed E-state index contributed by atoms with van der Waals surface area (Å²) in [5, 5.41) is 9.33. The average molecular weight is 562 g/mol. The number of nitrogens with one attached hydrogen (secondary N) is 3. The third-order valence-electron chi connectivity index (χ3n) is 4.85. The predicted octanol–water partition coefficient (Wildman–Crippen LogP) is 4.21. The molecule has 0 saturated heterocycles. The molecular weight excluding hydrogens is 523 g/mol. The summed E-state index contributed by atoms with van der Waals surface area (Å²) in [6.45, 7) is 7.28. The van der Waals surface area contributed by atoms with Crippen molar-refractivity contribution in [3.63, 3.8) is 0 Å². The molecule has 8 nitrogen and oxygen atoms in total. The molecule has 32 heavy (non-hydrogen) atoms. The number of methoxy groups -OCH3 is 1. The molecule has 1 fully saturated rings. The number of guanidine groups is 1. The molecule has 0 bridgehead atoms. The molecule has 0 radical (unpaired) electrons. The first kappa shape index (κ1) is 28.1. The number of hydrogen-bond donors (Lipinski definition) is 3. The van der Waals surface area contributed by atoms with Gasteiger partial charge in [-0.05, 0) is 58.9 Å². The highest BCUT2D eigenvalue weighted by molar-refractivity contribution is 14.0. The maximum Gasteiger partial charge on any atom is 0.407 e. The number of nitrogens with zero attached hydrogens (tertiary/aromatic N) is 1. The molecule has 0 spiro atoms. The number of amides is 1.